The molecule has 0 aliphatic heterocycles. The Labute approximate surface area is 128 Å². The molecule has 1 aromatic rings. The van der Waals surface area contributed by atoms with Crippen molar-refractivity contribution in [3.05, 3.63) is 29.6 Å². The van der Waals surface area contributed by atoms with Crippen LogP contribution in [0.3, 0.4) is 0 Å². The number of benzene rings is 1. The van der Waals surface area contributed by atoms with Gasteiger partial charge >= 0.3 is 0 Å². The number of ether oxygens (including phenoxy) is 1. The van der Waals surface area contributed by atoms with Crippen molar-refractivity contribution >= 4 is 0 Å². The van der Waals surface area contributed by atoms with Crippen molar-refractivity contribution in [1.29, 1.82) is 0 Å². The van der Waals surface area contributed by atoms with Crippen LogP contribution in [0.1, 0.15) is 64.5 Å². The Balaban J connectivity index is 2.04. The van der Waals surface area contributed by atoms with Crippen LogP contribution in [-0.2, 0) is 0 Å². The molecule has 0 spiro atoms. The second-order valence-electron chi connectivity index (χ2n) is 7.07. The van der Waals surface area contributed by atoms with Gasteiger partial charge in [0.2, 0.25) is 0 Å². The van der Waals surface area contributed by atoms with Crippen LogP contribution in [0.25, 0.3) is 0 Å². The molecule has 0 radical (unpaired) electrons. The second kappa shape index (κ2) is 6.78. The Morgan fingerprint density at radius 2 is 2.05 bits per heavy atom. The lowest BCUT2D eigenvalue weighted by atomic mass is 9.85. The molecule has 1 aromatic carbocycles. The van der Waals surface area contributed by atoms with Crippen molar-refractivity contribution in [2.24, 2.45) is 5.41 Å². The summed E-state index contributed by atoms with van der Waals surface area (Å²) in [6, 6.07) is 5.34. The summed E-state index contributed by atoms with van der Waals surface area (Å²) in [7, 11) is 1.64. The van der Waals surface area contributed by atoms with E-state index in [1.165, 1.54) is 38.2 Å². The van der Waals surface area contributed by atoms with E-state index >= 15 is 0 Å². The molecule has 0 saturated heterocycles. The van der Waals surface area contributed by atoms with Crippen LogP contribution in [0, 0.1) is 11.2 Å². The molecule has 2 nitrogen and oxygen atoms in total. The number of hydrogen-bond acceptors (Lipinski definition) is 2. The third-order valence-electron chi connectivity index (χ3n) is 4.72. The minimum atomic E-state index is -0.207. The zero-order valence-electron chi connectivity index (χ0n) is 13.7. The van der Waals surface area contributed by atoms with Crippen LogP contribution in [0.5, 0.6) is 5.75 Å². The van der Waals surface area contributed by atoms with Gasteiger partial charge in [-0.05, 0) is 56.2 Å². The van der Waals surface area contributed by atoms with Crippen molar-refractivity contribution in [2.45, 2.75) is 65.0 Å². The summed E-state index contributed by atoms with van der Waals surface area (Å²) in [4.78, 5) is 0. The lowest BCUT2D eigenvalue weighted by Crippen LogP contribution is -2.31. The van der Waals surface area contributed by atoms with Gasteiger partial charge in [-0.2, -0.15) is 0 Å². The molecule has 3 heteroatoms. The summed E-state index contributed by atoms with van der Waals surface area (Å²) < 4.78 is 18.9. The molecule has 1 N–H and O–H groups in total. The van der Waals surface area contributed by atoms with E-state index in [0.717, 1.165) is 11.3 Å². The summed E-state index contributed by atoms with van der Waals surface area (Å²) in [5.74, 6) is 0.548. The van der Waals surface area contributed by atoms with Crippen molar-refractivity contribution < 1.29 is 9.13 Å². The van der Waals surface area contributed by atoms with Crippen molar-refractivity contribution in [3.8, 4) is 5.75 Å². The highest BCUT2D eigenvalue weighted by atomic mass is 19.1. The van der Waals surface area contributed by atoms with E-state index in [-0.39, 0.29) is 11.9 Å². The minimum Gasteiger partial charge on any atom is -0.496 e. The quantitative estimate of drug-likeness (QED) is 0.802. The second-order valence-corrected chi connectivity index (χ2v) is 7.07. The number of methoxy groups -OCH3 is 1. The Morgan fingerprint density at radius 3 is 2.76 bits per heavy atom. The number of nitrogens with one attached hydrogen (secondary N) is 1. The molecule has 1 saturated carbocycles. The van der Waals surface area contributed by atoms with Crippen molar-refractivity contribution in [3.63, 3.8) is 0 Å². The van der Waals surface area contributed by atoms with Crippen molar-refractivity contribution in [2.75, 3.05) is 7.11 Å². The summed E-state index contributed by atoms with van der Waals surface area (Å²) in [6.07, 6.45) is 6.19. The van der Waals surface area contributed by atoms with E-state index in [4.69, 9.17) is 4.74 Å². The summed E-state index contributed by atoms with van der Waals surface area (Å²) in [5.41, 5.74) is 1.36. The van der Waals surface area contributed by atoms with Gasteiger partial charge < -0.3 is 10.1 Å². The van der Waals surface area contributed by atoms with Gasteiger partial charge in [0, 0.05) is 17.6 Å². The molecule has 2 atom stereocenters. The first kappa shape index (κ1) is 16.3. The molecular weight excluding hydrogens is 265 g/mol. The third kappa shape index (κ3) is 4.44. The molecule has 1 fully saturated rings. The maximum atomic E-state index is 13.5. The highest BCUT2D eigenvalue weighted by molar-refractivity contribution is 5.36. The molecular formula is C18H28FNO. The summed E-state index contributed by atoms with van der Waals surface area (Å²) in [5, 5.41) is 3.67. The van der Waals surface area contributed by atoms with E-state index in [2.05, 4.69) is 26.1 Å². The summed E-state index contributed by atoms with van der Waals surface area (Å²) in [6.45, 7) is 6.80. The molecule has 0 heterocycles. The number of hydrogen-bond donors (Lipinski definition) is 1. The van der Waals surface area contributed by atoms with Gasteiger partial charge in [-0.25, -0.2) is 4.39 Å². The lowest BCUT2D eigenvalue weighted by Gasteiger charge is -2.25. The van der Waals surface area contributed by atoms with Gasteiger partial charge in [0.05, 0.1) is 7.11 Å². The lowest BCUT2D eigenvalue weighted by molar-refractivity contribution is 0.307. The van der Waals surface area contributed by atoms with E-state index in [0.29, 0.717) is 11.5 Å². The largest absolute Gasteiger partial charge is 0.496 e. The van der Waals surface area contributed by atoms with Gasteiger partial charge in [-0.15, -0.1) is 0 Å². The Morgan fingerprint density at radius 1 is 1.29 bits per heavy atom. The Bertz CT molecular complexity index is 472. The maximum absolute atomic E-state index is 13.5. The first-order chi connectivity index (χ1) is 9.91. The van der Waals surface area contributed by atoms with Crippen LogP contribution < -0.4 is 10.1 Å². The highest BCUT2D eigenvalue weighted by Gasteiger charge is 2.25. The fourth-order valence-corrected chi connectivity index (χ4v) is 3.31. The highest BCUT2D eigenvalue weighted by Crippen LogP contribution is 2.35. The van der Waals surface area contributed by atoms with E-state index in [9.17, 15) is 4.39 Å². The standard InChI is InChI=1S/C18H28FNO/c1-13(16-12-14(19)7-8-17(16)21-4)20-15-6-5-10-18(2,3)11-9-15/h7-8,12-13,15,20H,5-6,9-11H2,1-4H3. The first-order valence-corrected chi connectivity index (χ1v) is 8.01. The molecule has 21 heavy (non-hydrogen) atoms. The van der Waals surface area contributed by atoms with Gasteiger partial charge in [0.1, 0.15) is 11.6 Å². The first-order valence-electron chi connectivity index (χ1n) is 8.01. The fourth-order valence-electron chi connectivity index (χ4n) is 3.31. The van der Waals surface area contributed by atoms with Crippen LogP contribution in [0.15, 0.2) is 18.2 Å². The average molecular weight is 293 g/mol. The normalized spacial score (nSPS) is 23.4. The average Bonchev–Trinajstić information content (AvgIpc) is 2.60. The Kier molecular flexibility index (Phi) is 5.26. The van der Waals surface area contributed by atoms with E-state index in [1.54, 1.807) is 19.2 Å². The topological polar surface area (TPSA) is 21.3 Å². The zero-order valence-corrected chi connectivity index (χ0v) is 13.7. The molecule has 1 aliphatic carbocycles. The SMILES string of the molecule is COc1ccc(F)cc1C(C)NC1CCCC(C)(C)CC1. The predicted octanol–water partition coefficient (Wildman–Crippen LogP) is 4.84. The smallest absolute Gasteiger partial charge is 0.123 e. The maximum Gasteiger partial charge on any atom is 0.123 e. The molecule has 2 unspecified atom stereocenters. The molecule has 0 amide bonds. The molecule has 1 aliphatic rings. The predicted molar refractivity (Wildman–Crippen MR) is 85.2 cm³/mol. The van der Waals surface area contributed by atoms with Crippen molar-refractivity contribution in [1.82, 2.24) is 5.32 Å². The molecule has 0 bridgehead atoms. The van der Waals surface area contributed by atoms with E-state index < -0.39 is 0 Å². The number of halogens is 1. The van der Waals surface area contributed by atoms with Crippen LogP contribution in [0.2, 0.25) is 0 Å². The van der Waals surface area contributed by atoms with Crippen LogP contribution >= 0.6 is 0 Å². The fraction of sp³-hybridized carbons (Fsp3) is 0.667. The van der Waals surface area contributed by atoms with Gasteiger partial charge in [-0.3, -0.25) is 0 Å². The summed E-state index contributed by atoms with van der Waals surface area (Å²) >= 11 is 0. The molecule has 0 aromatic heterocycles. The van der Waals surface area contributed by atoms with Crippen LogP contribution in [-0.4, -0.2) is 13.2 Å². The molecule has 2 rings (SSSR count). The van der Waals surface area contributed by atoms with Gasteiger partial charge in [-0.1, -0.05) is 20.3 Å². The zero-order chi connectivity index (χ0) is 15.5. The van der Waals surface area contributed by atoms with Gasteiger partial charge in [0.15, 0.2) is 0 Å². The third-order valence-corrected chi connectivity index (χ3v) is 4.72. The van der Waals surface area contributed by atoms with E-state index in [1.807, 2.05) is 0 Å². The van der Waals surface area contributed by atoms with Gasteiger partial charge in [0.25, 0.3) is 0 Å². The Hall–Kier alpha value is -1.09. The number of rotatable bonds is 4. The van der Waals surface area contributed by atoms with Crippen LogP contribution in [0.4, 0.5) is 4.39 Å². The monoisotopic (exact) mass is 293 g/mol. The molecule has 118 valence electrons. The minimum absolute atomic E-state index is 0.0989.